The van der Waals surface area contributed by atoms with Crippen LogP contribution in [0.15, 0.2) is 0 Å². The molecule has 0 aliphatic heterocycles. The minimum Gasteiger partial charge on any atom is -0.672 e. The van der Waals surface area contributed by atoms with Crippen LogP contribution >= 0.6 is 0 Å². The molecular formula is BaO6PbSi2. The maximum Gasteiger partial charge on any atom is 2.00 e. The first kappa shape index (κ1) is 22.6. The number of hydrogen-bond acceptors (Lipinski definition) is 6. The summed E-state index contributed by atoms with van der Waals surface area (Å²) in [5.41, 5.74) is 0. The van der Waals surface area contributed by atoms with E-state index in [1.54, 1.807) is 0 Å². The largest absolute Gasteiger partial charge is 2.00 e. The predicted molar refractivity (Wildman–Crippen MR) is 24.4 cm³/mol. The van der Waals surface area contributed by atoms with Gasteiger partial charge in [-0.15, -0.1) is 0 Å². The van der Waals surface area contributed by atoms with Gasteiger partial charge >= 0.3 is 76.2 Å². The quantitative estimate of drug-likeness (QED) is 0.307. The summed E-state index contributed by atoms with van der Waals surface area (Å²) in [7, 11) is -7.26. The van der Waals surface area contributed by atoms with Gasteiger partial charge in [0.15, 0.2) is 0 Å². The molecule has 10 heteroatoms. The summed E-state index contributed by atoms with van der Waals surface area (Å²) in [6.45, 7) is 0. The third-order valence-corrected chi connectivity index (χ3v) is 0. The molecule has 50 valence electrons. The summed E-state index contributed by atoms with van der Waals surface area (Å²) in [5, 5.41) is 0. The fourth-order valence-electron chi connectivity index (χ4n) is 0. The zero-order chi connectivity index (χ0) is 7.15. The zero-order valence-electron chi connectivity index (χ0n) is 4.66. The molecule has 0 amide bonds. The van der Waals surface area contributed by atoms with Crippen LogP contribution in [-0.2, 0) is 8.92 Å². The van der Waals surface area contributed by atoms with Crippen LogP contribution in [0.3, 0.4) is 0 Å². The maximum absolute atomic E-state index is 8.52. The Morgan fingerprint density at radius 3 is 0.800 bits per heavy atom. The van der Waals surface area contributed by atoms with E-state index in [1.165, 1.54) is 0 Å². The van der Waals surface area contributed by atoms with Crippen molar-refractivity contribution >= 4 is 94.5 Å². The van der Waals surface area contributed by atoms with Crippen molar-refractivity contribution in [2.45, 2.75) is 0 Å². The van der Waals surface area contributed by atoms with Crippen molar-refractivity contribution in [1.29, 1.82) is 0 Å². The van der Waals surface area contributed by atoms with E-state index in [1.807, 2.05) is 0 Å². The third-order valence-electron chi connectivity index (χ3n) is 0. The summed E-state index contributed by atoms with van der Waals surface area (Å²) in [6.07, 6.45) is 0. The summed E-state index contributed by atoms with van der Waals surface area (Å²) in [4.78, 5) is 34.1. The topological polar surface area (TPSA) is 126 Å². The minimum atomic E-state index is -3.63. The van der Waals surface area contributed by atoms with Gasteiger partial charge in [-0.3, -0.25) is 0 Å². The number of hydrogen-bond donors (Lipinski definition) is 0. The molecule has 6 nitrogen and oxygen atoms in total. The molecule has 0 saturated heterocycles. The van der Waals surface area contributed by atoms with Gasteiger partial charge in [0.1, 0.15) is 0 Å². The predicted octanol–water partition coefficient (Wildman–Crippen LogP) is -6.52. The SMILES string of the molecule is O=[Si]([O-])[O-].O=[Si]([O-])[O-].[Ba+2].[Pb+2]. The summed E-state index contributed by atoms with van der Waals surface area (Å²) >= 11 is 0. The zero-order valence-corrected chi connectivity index (χ0v) is 15.0. The molecule has 0 aliphatic rings. The van der Waals surface area contributed by atoms with E-state index in [-0.39, 0.29) is 76.2 Å². The molecule has 0 atom stereocenters. The molecule has 0 N–H and O–H groups in total. The second-order valence-electron chi connectivity index (χ2n) is 0.500. The van der Waals surface area contributed by atoms with Gasteiger partial charge in [0, 0.05) is 18.3 Å². The molecule has 2 radical (unpaired) electrons. The number of rotatable bonds is 0. The first-order valence-electron chi connectivity index (χ1n) is 1.22. The molecular weight excluding hydrogens is 497 g/mol. The van der Waals surface area contributed by atoms with E-state index in [0.29, 0.717) is 0 Å². The van der Waals surface area contributed by atoms with Gasteiger partial charge in [-0.1, -0.05) is 0 Å². The first-order chi connectivity index (χ1) is 3.46. The van der Waals surface area contributed by atoms with Gasteiger partial charge in [0.05, 0.1) is 0 Å². The van der Waals surface area contributed by atoms with E-state index < -0.39 is 18.3 Å². The van der Waals surface area contributed by atoms with Crippen LogP contribution in [0.4, 0.5) is 0 Å². The Bertz CT molecular complexity index is 73.7. The Balaban J connectivity index is -0.0000000300. The summed E-state index contributed by atoms with van der Waals surface area (Å²) in [6, 6.07) is 0. The molecule has 0 unspecified atom stereocenters. The van der Waals surface area contributed by atoms with Crippen LogP contribution in [0, 0.1) is 0 Å². The first-order valence-corrected chi connectivity index (χ1v) is 3.67. The van der Waals surface area contributed by atoms with Gasteiger partial charge in [0.2, 0.25) is 0 Å². The molecule has 0 bridgehead atoms. The molecule has 0 aromatic rings. The van der Waals surface area contributed by atoms with Crippen molar-refractivity contribution < 1.29 is 28.1 Å². The van der Waals surface area contributed by atoms with Crippen LogP contribution in [0.1, 0.15) is 0 Å². The van der Waals surface area contributed by atoms with Crippen molar-refractivity contribution in [3.05, 3.63) is 0 Å². The second-order valence-corrected chi connectivity index (χ2v) is 1.50. The van der Waals surface area contributed by atoms with Crippen molar-refractivity contribution in [2.24, 2.45) is 0 Å². The van der Waals surface area contributed by atoms with E-state index in [4.69, 9.17) is 28.1 Å². The van der Waals surface area contributed by atoms with Crippen LogP contribution < -0.4 is 19.2 Å². The Kier molecular flexibility index (Phi) is 38.4. The second kappa shape index (κ2) is 17.0. The van der Waals surface area contributed by atoms with Gasteiger partial charge in [0.25, 0.3) is 0 Å². The molecule has 0 rings (SSSR count). The van der Waals surface area contributed by atoms with E-state index in [9.17, 15) is 0 Å². The van der Waals surface area contributed by atoms with E-state index >= 15 is 0 Å². The summed E-state index contributed by atoms with van der Waals surface area (Å²) in [5.74, 6) is 0. The van der Waals surface area contributed by atoms with Crippen LogP contribution in [0.2, 0.25) is 0 Å². The Morgan fingerprint density at radius 1 is 0.800 bits per heavy atom. The molecule has 0 heterocycles. The Morgan fingerprint density at radius 2 is 0.800 bits per heavy atom. The van der Waals surface area contributed by atoms with Crippen molar-refractivity contribution in [1.82, 2.24) is 0 Å². The molecule has 0 saturated carbocycles. The maximum atomic E-state index is 8.52. The molecule has 0 spiro atoms. The Hall–Kier alpha value is 1.73. The smallest absolute Gasteiger partial charge is 0.672 e. The molecule has 0 aromatic carbocycles. The van der Waals surface area contributed by atoms with Crippen molar-refractivity contribution in [3.8, 4) is 0 Å². The third kappa shape index (κ3) is 248. The van der Waals surface area contributed by atoms with Gasteiger partial charge in [-0.05, 0) is 0 Å². The van der Waals surface area contributed by atoms with Crippen LogP contribution in [0.25, 0.3) is 0 Å². The standard InChI is InChI=1S/Ba.2O3Si.Pb/c;2*1-4(2)3;/q+2;2*-2;+2. The van der Waals surface area contributed by atoms with Crippen molar-refractivity contribution in [2.75, 3.05) is 0 Å². The summed E-state index contributed by atoms with van der Waals surface area (Å²) < 4.78 is 17.0. The van der Waals surface area contributed by atoms with Crippen molar-refractivity contribution in [3.63, 3.8) is 0 Å². The average molecular weight is 497 g/mol. The average Bonchev–Trinajstić information content (AvgIpc) is 1.25. The monoisotopic (exact) mass is 498 g/mol. The van der Waals surface area contributed by atoms with E-state index in [0.717, 1.165) is 0 Å². The fraction of sp³-hybridized carbons (Fsp3) is 0. The molecule has 0 fully saturated rings. The van der Waals surface area contributed by atoms with Gasteiger partial charge < -0.3 is 28.1 Å². The fourth-order valence-corrected chi connectivity index (χ4v) is 0. The molecule has 0 aliphatic carbocycles. The van der Waals surface area contributed by atoms with E-state index in [2.05, 4.69) is 0 Å². The normalized spacial score (nSPS) is 4.80. The van der Waals surface area contributed by atoms with Gasteiger partial charge in [-0.2, -0.15) is 0 Å². The molecule has 10 heavy (non-hydrogen) atoms. The Labute approximate surface area is 120 Å². The van der Waals surface area contributed by atoms with Crippen LogP contribution in [0.5, 0.6) is 0 Å². The molecule has 0 aromatic heterocycles. The van der Waals surface area contributed by atoms with Crippen LogP contribution in [-0.4, -0.2) is 94.5 Å². The minimum absolute atomic E-state index is 0. The van der Waals surface area contributed by atoms with Gasteiger partial charge in [-0.25, -0.2) is 0 Å².